The molecule has 3 rings (SSSR count). The van der Waals surface area contributed by atoms with Gasteiger partial charge in [0.25, 0.3) is 0 Å². The summed E-state index contributed by atoms with van der Waals surface area (Å²) in [6.07, 6.45) is -2.66. The summed E-state index contributed by atoms with van der Waals surface area (Å²) in [7, 11) is 1.28. The molecule has 1 heterocycles. The summed E-state index contributed by atoms with van der Waals surface area (Å²) in [4.78, 5) is 16.0. The lowest BCUT2D eigenvalue weighted by Gasteiger charge is -2.21. The highest BCUT2D eigenvalue weighted by Gasteiger charge is 2.36. The number of allylic oxidation sites excluding steroid dienone is 2. The minimum absolute atomic E-state index is 0.197. The van der Waals surface area contributed by atoms with Crippen LogP contribution in [-0.4, -0.2) is 25.5 Å². The monoisotopic (exact) mass is 387 g/mol. The number of carbonyl (C=O) groups excluding carboxylic acids is 1. The van der Waals surface area contributed by atoms with Crippen LogP contribution in [0.3, 0.4) is 0 Å². The summed E-state index contributed by atoms with van der Waals surface area (Å²) in [5.74, 6) is -0.532. The van der Waals surface area contributed by atoms with Crippen LogP contribution in [0.25, 0.3) is 11.1 Å². The Kier molecular flexibility index (Phi) is 5.40. The van der Waals surface area contributed by atoms with Gasteiger partial charge in [0, 0.05) is 6.21 Å². The van der Waals surface area contributed by atoms with Crippen LogP contribution in [0, 0.1) is 6.92 Å². The molecule has 0 radical (unpaired) electrons. The van der Waals surface area contributed by atoms with Gasteiger partial charge in [0.1, 0.15) is 5.70 Å². The maximum Gasteiger partial charge on any atom is 0.433 e. The fraction of sp³-hybridized carbons (Fsp3) is 0.273. The van der Waals surface area contributed by atoms with Gasteiger partial charge < -0.3 is 4.74 Å². The molecule has 1 aliphatic rings. The van der Waals surface area contributed by atoms with Crippen molar-refractivity contribution in [3.8, 4) is 11.1 Å². The van der Waals surface area contributed by atoms with Crippen molar-refractivity contribution in [3.63, 3.8) is 0 Å². The average Bonchev–Trinajstić information content (AvgIpc) is 2.65. The maximum absolute atomic E-state index is 13.3. The van der Waals surface area contributed by atoms with E-state index < -0.39 is 17.8 Å². The van der Waals surface area contributed by atoms with Gasteiger partial charge in [0.15, 0.2) is 0 Å². The molecule has 3 nitrogen and oxygen atoms in total. The first-order valence-corrected chi connectivity index (χ1v) is 8.85. The maximum atomic E-state index is 13.3. The van der Waals surface area contributed by atoms with Gasteiger partial charge in [-0.3, -0.25) is 4.99 Å². The zero-order valence-electron chi connectivity index (χ0n) is 15.9. The lowest BCUT2D eigenvalue weighted by Crippen LogP contribution is -2.16. The van der Waals surface area contributed by atoms with E-state index in [1.165, 1.54) is 20.2 Å². The Morgan fingerprint density at radius 3 is 2.39 bits per heavy atom. The normalized spacial score (nSPS) is 14.4. The summed E-state index contributed by atoms with van der Waals surface area (Å²) in [6, 6.07) is 11.1. The molecule has 0 aliphatic carbocycles. The van der Waals surface area contributed by atoms with Crippen molar-refractivity contribution in [2.45, 2.75) is 32.9 Å². The Balaban J connectivity index is 2.28. The van der Waals surface area contributed by atoms with Crippen molar-refractivity contribution in [1.82, 2.24) is 0 Å². The SMILES string of the molecule is COC(=O)c1cc2c(c(-c3ccccc3)c1C)CCC(C)=C(C(F)(F)F)N=C2. The predicted molar refractivity (Wildman–Crippen MR) is 103 cm³/mol. The van der Waals surface area contributed by atoms with E-state index in [0.717, 1.165) is 22.3 Å². The highest BCUT2D eigenvalue weighted by atomic mass is 19.4. The molecule has 28 heavy (non-hydrogen) atoms. The summed E-state index contributed by atoms with van der Waals surface area (Å²) < 4.78 is 44.8. The Hall–Kier alpha value is -2.89. The van der Waals surface area contributed by atoms with Crippen LogP contribution in [0.5, 0.6) is 0 Å². The molecule has 2 aromatic carbocycles. The molecule has 0 atom stereocenters. The number of hydrogen-bond acceptors (Lipinski definition) is 3. The smallest absolute Gasteiger partial charge is 0.433 e. The number of rotatable bonds is 2. The lowest BCUT2D eigenvalue weighted by atomic mass is 9.85. The van der Waals surface area contributed by atoms with E-state index >= 15 is 0 Å². The largest absolute Gasteiger partial charge is 0.465 e. The van der Waals surface area contributed by atoms with Gasteiger partial charge in [0.05, 0.1) is 12.7 Å². The van der Waals surface area contributed by atoms with Crippen molar-refractivity contribution < 1.29 is 22.7 Å². The highest BCUT2D eigenvalue weighted by Crippen LogP contribution is 2.37. The third-order valence-electron chi connectivity index (χ3n) is 4.95. The van der Waals surface area contributed by atoms with Crippen molar-refractivity contribution in [2.24, 2.45) is 4.99 Å². The molecule has 0 saturated carbocycles. The molecule has 2 aromatic rings. The van der Waals surface area contributed by atoms with Gasteiger partial charge in [-0.1, -0.05) is 30.3 Å². The molecule has 0 bridgehead atoms. The fourth-order valence-corrected chi connectivity index (χ4v) is 3.55. The second kappa shape index (κ2) is 7.62. The Bertz CT molecular complexity index is 974. The first-order valence-electron chi connectivity index (χ1n) is 8.85. The van der Waals surface area contributed by atoms with Gasteiger partial charge in [-0.25, -0.2) is 4.79 Å². The molecule has 0 fully saturated rings. The van der Waals surface area contributed by atoms with Crippen LogP contribution in [0.4, 0.5) is 13.2 Å². The van der Waals surface area contributed by atoms with Crippen LogP contribution in [0.15, 0.2) is 52.7 Å². The van der Waals surface area contributed by atoms with E-state index in [4.69, 9.17) is 4.74 Å². The molecule has 0 unspecified atom stereocenters. The van der Waals surface area contributed by atoms with Crippen molar-refractivity contribution >= 4 is 12.2 Å². The molecule has 0 aromatic heterocycles. The third-order valence-corrected chi connectivity index (χ3v) is 4.95. The standard InChI is InChI=1S/C22H20F3NO2/c1-13-9-10-17-16(12-26-20(13)22(23,24)25)11-18(21(27)28-3)14(2)19(17)15-7-5-4-6-8-15/h4-8,11-12H,9-10H2,1-3H3. The van der Waals surface area contributed by atoms with E-state index in [0.29, 0.717) is 17.5 Å². The minimum Gasteiger partial charge on any atom is -0.465 e. The number of aliphatic imine (C=N–C) groups is 1. The number of fused-ring (bicyclic) bond motifs is 1. The topological polar surface area (TPSA) is 38.7 Å². The van der Waals surface area contributed by atoms with Gasteiger partial charge in [-0.05, 0) is 66.1 Å². The summed E-state index contributed by atoms with van der Waals surface area (Å²) in [5, 5.41) is 0. The highest BCUT2D eigenvalue weighted by molar-refractivity contribution is 5.98. The van der Waals surface area contributed by atoms with E-state index in [1.807, 2.05) is 37.3 Å². The van der Waals surface area contributed by atoms with Crippen LogP contribution in [-0.2, 0) is 11.2 Å². The van der Waals surface area contributed by atoms with Gasteiger partial charge >= 0.3 is 12.1 Å². The third kappa shape index (κ3) is 3.72. The lowest BCUT2D eigenvalue weighted by molar-refractivity contribution is -0.0932. The number of methoxy groups -OCH3 is 1. The Labute approximate surface area is 161 Å². The molecule has 6 heteroatoms. The minimum atomic E-state index is -4.52. The second-order valence-corrected chi connectivity index (χ2v) is 6.73. The number of alkyl halides is 3. The average molecular weight is 387 g/mol. The summed E-state index contributed by atoms with van der Waals surface area (Å²) in [5.41, 5.74) is 3.49. The van der Waals surface area contributed by atoms with Gasteiger partial charge in [-0.2, -0.15) is 13.2 Å². The molecule has 0 spiro atoms. The molecule has 0 saturated heterocycles. The number of nitrogens with zero attached hydrogens (tertiary/aromatic N) is 1. The van der Waals surface area contributed by atoms with Crippen LogP contribution >= 0.6 is 0 Å². The van der Waals surface area contributed by atoms with Gasteiger partial charge in [0.2, 0.25) is 0 Å². The van der Waals surface area contributed by atoms with Crippen molar-refractivity contribution in [3.05, 3.63) is 69.9 Å². The summed E-state index contributed by atoms with van der Waals surface area (Å²) in [6.45, 7) is 3.29. The number of carbonyl (C=O) groups is 1. The van der Waals surface area contributed by atoms with Crippen LogP contribution < -0.4 is 0 Å². The number of hydrogen-bond donors (Lipinski definition) is 0. The van der Waals surface area contributed by atoms with E-state index in [9.17, 15) is 18.0 Å². The molecule has 0 N–H and O–H groups in total. The second-order valence-electron chi connectivity index (χ2n) is 6.73. The fourth-order valence-electron chi connectivity index (χ4n) is 3.55. The number of halogens is 3. The summed E-state index contributed by atoms with van der Waals surface area (Å²) >= 11 is 0. The number of esters is 1. The van der Waals surface area contributed by atoms with Crippen LogP contribution in [0.2, 0.25) is 0 Å². The van der Waals surface area contributed by atoms with E-state index in [-0.39, 0.29) is 12.0 Å². The molecule has 0 amide bonds. The molecule has 1 aliphatic heterocycles. The molecule has 146 valence electrons. The first kappa shape index (κ1) is 19.9. The Morgan fingerprint density at radius 2 is 1.79 bits per heavy atom. The number of benzene rings is 2. The quantitative estimate of drug-likeness (QED) is 0.625. The zero-order chi connectivity index (χ0) is 20.5. The van der Waals surface area contributed by atoms with Crippen molar-refractivity contribution in [1.29, 1.82) is 0 Å². The van der Waals surface area contributed by atoms with E-state index in [2.05, 4.69) is 4.99 Å². The zero-order valence-corrected chi connectivity index (χ0v) is 15.9. The molecular formula is C22H20F3NO2. The Morgan fingerprint density at radius 1 is 1.11 bits per heavy atom. The van der Waals surface area contributed by atoms with Crippen LogP contribution in [0.1, 0.15) is 40.4 Å². The molecular weight excluding hydrogens is 367 g/mol. The first-order chi connectivity index (χ1) is 13.2. The van der Waals surface area contributed by atoms with Crippen molar-refractivity contribution in [2.75, 3.05) is 7.11 Å². The number of ether oxygens (including phenoxy) is 1. The van der Waals surface area contributed by atoms with E-state index in [1.54, 1.807) is 6.07 Å². The predicted octanol–water partition coefficient (Wildman–Crippen LogP) is 5.65. The van der Waals surface area contributed by atoms with Gasteiger partial charge in [-0.15, -0.1) is 0 Å².